The molecule has 0 aliphatic heterocycles. The lowest BCUT2D eigenvalue weighted by Gasteiger charge is -2.21. The van der Waals surface area contributed by atoms with Gasteiger partial charge in [0.1, 0.15) is 6.54 Å². The fraction of sp³-hybridized carbons (Fsp3) is 0.667. The summed E-state index contributed by atoms with van der Waals surface area (Å²) in [4.78, 5) is 25.1. The maximum Gasteiger partial charge on any atom is 0.360 e. The Morgan fingerprint density at radius 2 is 1.95 bits per heavy atom. The molecule has 0 saturated carbocycles. The molecular weight excluding hydrogens is 248 g/mol. The van der Waals surface area contributed by atoms with E-state index < -0.39 is 5.97 Å². The van der Waals surface area contributed by atoms with Gasteiger partial charge >= 0.3 is 5.97 Å². The minimum Gasteiger partial charge on any atom is -0.464 e. The third-order valence-corrected chi connectivity index (χ3v) is 2.57. The van der Waals surface area contributed by atoms with E-state index in [0.29, 0.717) is 0 Å². The number of rotatable bonds is 7. The third-order valence-electron chi connectivity index (χ3n) is 2.57. The first-order valence-electron chi connectivity index (χ1n) is 6.38. The molecule has 0 aromatic carbocycles. The van der Waals surface area contributed by atoms with Crippen molar-refractivity contribution < 1.29 is 14.3 Å². The Hall–Kier alpha value is -1.92. The highest BCUT2D eigenvalue weighted by atomic mass is 16.5. The highest BCUT2D eigenvalue weighted by molar-refractivity contribution is 5.86. The van der Waals surface area contributed by atoms with Gasteiger partial charge in [-0.05, 0) is 12.8 Å². The number of esters is 1. The number of carbonyl (C=O) groups is 2. The van der Waals surface area contributed by atoms with E-state index in [1.807, 2.05) is 13.8 Å². The molecule has 106 valence electrons. The number of methoxy groups -OCH3 is 1. The van der Waals surface area contributed by atoms with Crippen LogP contribution in [0.3, 0.4) is 0 Å². The summed E-state index contributed by atoms with van der Waals surface area (Å²) in [5, 5.41) is 7.41. The summed E-state index contributed by atoms with van der Waals surface area (Å²) in [7, 11) is 1.27. The second-order valence-electron chi connectivity index (χ2n) is 4.17. The molecule has 0 unspecified atom stereocenters. The zero-order valence-electron chi connectivity index (χ0n) is 11.6. The van der Waals surface area contributed by atoms with E-state index in [9.17, 15) is 9.59 Å². The first-order chi connectivity index (χ1) is 9.12. The Kier molecular flexibility index (Phi) is 5.98. The zero-order chi connectivity index (χ0) is 14.3. The minimum atomic E-state index is -0.558. The van der Waals surface area contributed by atoms with Crippen LogP contribution in [-0.2, 0) is 16.1 Å². The van der Waals surface area contributed by atoms with E-state index in [-0.39, 0.29) is 18.1 Å². The summed E-state index contributed by atoms with van der Waals surface area (Å²) in [6, 6.07) is 0. The quantitative estimate of drug-likeness (QED) is 0.681. The van der Waals surface area contributed by atoms with Gasteiger partial charge in [0.05, 0.1) is 13.3 Å². The van der Waals surface area contributed by atoms with E-state index in [0.717, 1.165) is 25.9 Å². The molecule has 0 aliphatic carbocycles. The highest BCUT2D eigenvalue weighted by Crippen LogP contribution is 2.00. The normalized spacial score (nSPS) is 10.3. The smallest absolute Gasteiger partial charge is 0.360 e. The maximum absolute atomic E-state index is 12.1. The number of aromatic nitrogens is 3. The highest BCUT2D eigenvalue weighted by Gasteiger charge is 2.15. The van der Waals surface area contributed by atoms with Crippen molar-refractivity contribution >= 4 is 11.9 Å². The standard InChI is InChI=1S/C12H20N4O3/c1-4-6-15(7-5-2)11(17)9-16-8-10(13-14-16)12(18)19-3/h8H,4-7,9H2,1-3H3. The number of nitrogens with zero attached hydrogens (tertiary/aromatic N) is 4. The van der Waals surface area contributed by atoms with Gasteiger partial charge < -0.3 is 9.64 Å². The minimum absolute atomic E-state index is 0.0231. The van der Waals surface area contributed by atoms with Crippen molar-refractivity contribution in [3.05, 3.63) is 11.9 Å². The van der Waals surface area contributed by atoms with Crippen LogP contribution in [-0.4, -0.2) is 52.0 Å². The van der Waals surface area contributed by atoms with E-state index in [1.54, 1.807) is 4.90 Å². The molecule has 1 aromatic rings. The van der Waals surface area contributed by atoms with Crippen LogP contribution in [0.2, 0.25) is 0 Å². The second-order valence-corrected chi connectivity index (χ2v) is 4.17. The van der Waals surface area contributed by atoms with Crippen molar-refractivity contribution in [3.63, 3.8) is 0 Å². The predicted molar refractivity (Wildman–Crippen MR) is 68.5 cm³/mol. The van der Waals surface area contributed by atoms with Crippen molar-refractivity contribution in [1.82, 2.24) is 19.9 Å². The van der Waals surface area contributed by atoms with Crippen molar-refractivity contribution in [1.29, 1.82) is 0 Å². The summed E-state index contributed by atoms with van der Waals surface area (Å²) in [6.45, 7) is 5.60. The van der Waals surface area contributed by atoms with Gasteiger partial charge in [-0.15, -0.1) is 5.10 Å². The van der Waals surface area contributed by atoms with Crippen LogP contribution in [0.5, 0.6) is 0 Å². The van der Waals surface area contributed by atoms with Crippen LogP contribution >= 0.6 is 0 Å². The summed E-state index contributed by atoms with van der Waals surface area (Å²) in [6.07, 6.45) is 3.24. The second kappa shape index (κ2) is 7.50. The summed E-state index contributed by atoms with van der Waals surface area (Å²) >= 11 is 0. The molecule has 7 nitrogen and oxygen atoms in total. The molecular formula is C12H20N4O3. The largest absolute Gasteiger partial charge is 0.464 e. The lowest BCUT2D eigenvalue weighted by Crippen LogP contribution is -2.35. The first kappa shape index (κ1) is 15.1. The van der Waals surface area contributed by atoms with Gasteiger partial charge in [-0.1, -0.05) is 19.1 Å². The fourth-order valence-electron chi connectivity index (χ4n) is 1.71. The van der Waals surface area contributed by atoms with Crippen LogP contribution in [0.25, 0.3) is 0 Å². The van der Waals surface area contributed by atoms with Crippen LogP contribution < -0.4 is 0 Å². The van der Waals surface area contributed by atoms with Crippen molar-refractivity contribution in [3.8, 4) is 0 Å². The SMILES string of the molecule is CCCN(CCC)C(=O)Cn1cc(C(=O)OC)nn1. The van der Waals surface area contributed by atoms with E-state index >= 15 is 0 Å². The Bertz CT molecular complexity index is 424. The molecule has 0 fully saturated rings. The number of ether oxygens (including phenoxy) is 1. The Morgan fingerprint density at radius 1 is 1.32 bits per heavy atom. The molecule has 0 saturated heterocycles. The number of hydrogen-bond acceptors (Lipinski definition) is 5. The molecule has 0 N–H and O–H groups in total. The molecule has 1 heterocycles. The average Bonchev–Trinajstić information content (AvgIpc) is 2.86. The van der Waals surface area contributed by atoms with Gasteiger partial charge in [0.25, 0.3) is 0 Å². The van der Waals surface area contributed by atoms with Gasteiger partial charge in [0.15, 0.2) is 5.69 Å². The third kappa shape index (κ3) is 4.35. The summed E-state index contributed by atoms with van der Waals surface area (Å²) < 4.78 is 5.88. The lowest BCUT2D eigenvalue weighted by atomic mass is 10.3. The fourth-order valence-corrected chi connectivity index (χ4v) is 1.71. The van der Waals surface area contributed by atoms with Crippen LogP contribution in [0.1, 0.15) is 37.2 Å². The lowest BCUT2D eigenvalue weighted by molar-refractivity contribution is -0.132. The molecule has 0 radical (unpaired) electrons. The zero-order valence-corrected chi connectivity index (χ0v) is 11.6. The van der Waals surface area contributed by atoms with Crippen LogP contribution in [0, 0.1) is 0 Å². The molecule has 0 spiro atoms. The van der Waals surface area contributed by atoms with Crippen LogP contribution in [0.15, 0.2) is 6.20 Å². The molecule has 1 amide bonds. The first-order valence-corrected chi connectivity index (χ1v) is 6.38. The van der Waals surface area contributed by atoms with E-state index in [4.69, 9.17) is 0 Å². The number of carbonyl (C=O) groups excluding carboxylic acids is 2. The Morgan fingerprint density at radius 3 is 2.47 bits per heavy atom. The van der Waals surface area contributed by atoms with Gasteiger partial charge in [0, 0.05) is 13.1 Å². The Balaban J connectivity index is 2.64. The average molecular weight is 268 g/mol. The molecule has 1 rings (SSSR count). The summed E-state index contributed by atoms with van der Waals surface area (Å²) in [5.41, 5.74) is 0.104. The van der Waals surface area contributed by atoms with E-state index in [2.05, 4.69) is 15.0 Å². The molecule has 19 heavy (non-hydrogen) atoms. The molecule has 1 aromatic heterocycles. The Labute approximate surface area is 112 Å². The predicted octanol–water partition coefficient (Wildman–Crippen LogP) is 0.713. The van der Waals surface area contributed by atoms with Gasteiger partial charge in [0.2, 0.25) is 5.91 Å². The molecule has 0 aliphatic rings. The molecule has 0 atom stereocenters. The number of amides is 1. The monoisotopic (exact) mass is 268 g/mol. The molecule has 0 bridgehead atoms. The van der Waals surface area contributed by atoms with Crippen molar-refractivity contribution in [2.24, 2.45) is 0 Å². The summed E-state index contributed by atoms with van der Waals surface area (Å²) in [5.74, 6) is -0.581. The van der Waals surface area contributed by atoms with Gasteiger partial charge in [-0.3, -0.25) is 4.79 Å². The number of hydrogen-bond donors (Lipinski definition) is 0. The topological polar surface area (TPSA) is 77.3 Å². The van der Waals surface area contributed by atoms with Crippen molar-refractivity contribution in [2.75, 3.05) is 20.2 Å². The molecule has 7 heteroatoms. The van der Waals surface area contributed by atoms with E-state index in [1.165, 1.54) is 18.0 Å². The maximum atomic E-state index is 12.1. The van der Waals surface area contributed by atoms with Crippen LogP contribution in [0.4, 0.5) is 0 Å². The van der Waals surface area contributed by atoms with Gasteiger partial charge in [-0.25, -0.2) is 9.48 Å². The van der Waals surface area contributed by atoms with Crippen molar-refractivity contribution in [2.45, 2.75) is 33.2 Å². The van der Waals surface area contributed by atoms with Gasteiger partial charge in [-0.2, -0.15) is 0 Å².